The summed E-state index contributed by atoms with van der Waals surface area (Å²) >= 11 is 0. The van der Waals surface area contributed by atoms with E-state index in [0.29, 0.717) is 40.1 Å². The van der Waals surface area contributed by atoms with Crippen LogP contribution in [0.2, 0.25) is 0 Å². The van der Waals surface area contributed by atoms with E-state index in [1.807, 2.05) is 56.0 Å². The molecule has 47 heavy (non-hydrogen) atoms. The van der Waals surface area contributed by atoms with Gasteiger partial charge in [0.15, 0.2) is 0 Å². The lowest BCUT2D eigenvalue weighted by Gasteiger charge is -2.27. The summed E-state index contributed by atoms with van der Waals surface area (Å²) in [5, 5.41) is 6.08. The fourth-order valence-electron chi connectivity index (χ4n) is 4.67. The molecule has 0 aliphatic rings. The van der Waals surface area contributed by atoms with Crippen molar-refractivity contribution >= 4 is 35.1 Å². The average Bonchev–Trinajstić information content (AvgIpc) is 3.05. The van der Waals surface area contributed by atoms with Gasteiger partial charge in [-0.05, 0) is 63.6 Å². The summed E-state index contributed by atoms with van der Waals surface area (Å²) in [7, 11) is 4.75. The lowest BCUT2D eigenvalue weighted by atomic mass is 10.1. The molecule has 1 aromatic heterocycles. The summed E-state index contributed by atoms with van der Waals surface area (Å²) < 4.78 is 27.5. The molecule has 0 radical (unpaired) electrons. The maximum absolute atomic E-state index is 12.4. The van der Waals surface area contributed by atoms with Crippen molar-refractivity contribution in [3.63, 3.8) is 0 Å². The second-order valence-electron chi connectivity index (χ2n) is 11.3. The van der Waals surface area contributed by atoms with Gasteiger partial charge in [-0.2, -0.15) is 0 Å². The van der Waals surface area contributed by atoms with Crippen molar-refractivity contribution in [2.45, 2.75) is 46.4 Å². The Morgan fingerprint density at radius 3 is 2.26 bits per heavy atom. The van der Waals surface area contributed by atoms with Crippen LogP contribution in [0.1, 0.15) is 49.2 Å². The molecule has 4 aromatic rings. The van der Waals surface area contributed by atoms with Gasteiger partial charge in [0.2, 0.25) is 0 Å². The van der Waals surface area contributed by atoms with Crippen LogP contribution in [0.4, 0.5) is 27.8 Å². The third-order valence-electron chi connectivity index (χ3n) is 6.77. The van der Waals surface area contributed by atoms with Crippen LogP contribution in [0, 0.1) is 0 Å². The monoisotopic (exact) mass is 643 g/mol. The van der Waals surface area contributed by atoms with E-state index in [9.17, 15) is 9.59 Å². The predicted octanol–water partition coefficient (Wildman–Crippen LogP) is 6.79. The largest absolute Gasteiger partial charge is 0.496 e. The van der Waals surface area contributed by atoms with Crippen molar-refractivity contribution < 1.29 is 33.3 Å². The van der Waals surface area contributed by atoms with Crippen molar-refractivity contribution in [3.8, 4) is 17.2 Å². The third-order valence-corrected chi connectivity index (χ3v) is 6.77. The third kappa shape index (κ3) is 9.49. The van der Waals surface area contributed by atoms with E-state index in [2.05, 4.69) is 20.6 Å². The second-order valence-corrected chi connectivity index (χ2v) is 11.3. The first kappa shape index (κ1) is 34.4. The minimum Gasteiger partial charge on any atom is -0.496 e. The molecule has 4 rings (SSSR count). The molecule has 0 aliphatic heterocycles. The van der Waals surface area contributed by atoms with Crippen molar-refractivity contribution in [1.29, 1.82) is 0 Å². The molecule has 2 N–H and O–H groups in total. The maximum atomic E-state index is 12.4. The zero-order valence-corrected chi connectivity index (χ0v) is 27.7. The van der Waals surface area contributed by atoms with Crippen LogP contribution in [-0.2, 0) is 22.6 Å². The number of hydrogen-bond donors (Lipinski definition) is 2. The number of nitrogens with one attached hydrogen (secondary N) is 2. The fraction of sp³-hybridized carbons (Fsp3) is 0.314. The Labute approximate surface area is 275 Å². The molecule has 0 spiro atoms. The molecule has 0 saturated carbocycles. The van der Waals surface area contributed by atoms with Crippen LogP contribution >= 0.6 is 0 Å². The summed E-state index contributed by atoms with van der Waals surface area (Å²) in [5.41, 5.74) is 2.84. The number of rotatable bonds is 13. The molecule has 0 unspecified atom stereocenters. The van der Waals surface area contributed by atoms with Crippen LogP contribution in [0.15, 0.2) is 73.1 Å². The number of ether oxygens (including phenoxy) is 5. The maximum Gasteiger partial charge on any atom is 0.407 e. The first-order chi connectivity index (χ1) is 22.5. The molecule has 0 aliphatic carbocycles. The van der Waals surface area contributed by atoms with E-state index >= 15 is 0 Å². The minimum absolute atomic E-state index is 0.249. The summed E-state index contributed by atoms with van der Waals surface area (Å²) in [4.78, 5) is 35.7. The Hall–Kier alpha value is -5.52. The highest BCUT2D eigenvalue weighted by Gasteiger charge is 2.21. The van der Waals surface area contributed by atoms with Crippen LogP contribution < -0.4 is 29.7 Å². The van der Waals surface area contributed by atoms with Gasteiger partial charge in [-0.15, -0.1) is 0 Å². The number of carbonyl (C=O) groups is 2. The number of hydrogen-bond acceptors (Lipinski definition) is 11. The van der Waals surface area contributed by atoms with E-state index in [-0.39, 0.29) is 19.7 Å². The number of nitrogens with zero attached hydrogens (tertiary/aromatic N) is 3. The molecule has 3 aromatic carbocycles. The molecule has 0 bridgehead atoms. The quantitative estimate of drug-likeness (QED) is 0.149. The molecular formula is C35H41N5O7. The molecule has 12 nitrogen and oxygen atoms in total. The zero-order chi connectivity index (χ0) is 34.0. The van der Waals surface area contributed by atoms with E-state index in [1.165, 1.54) is 6.33 Å². The lowest BCUT2D eigenvalue weighted by Crippen LogP contribution is -2.32. The van der Waals surface area contributed by atoms with Gasteiger partial charge in [-0.3, -0.25) is 0 Å². The van der Waals surface area contributed by atoms with Crippen molar-refractivity contribution in [2.24, 2.45) is 0 Å². The Bertz CT molecular complexity index is 1660. The number of benzene rings is 3. The summed E-state index contributed by atoms with van der Waals surface area (Å²) in [6, 6.07) is 20.1. The highest BCUT2D eigenvalue weighted by molar-refractivity contribution is 5.90. The van der Waals surface area contributed by atoms with Gasteiger partial charge in [0.1, 0.15) is 40.8 Å². The van der Waals surface area contributed by atoms with Gasteiger partial charge in [0.25, 0.3) is 0 Å². The topological polar surface area (TPSA) is 133 Å². The number of amides is 1. The van der Waals surface area contributed by atoms with Crippen LogP contribution in [0.3, 0.4) is 0 Å². The molecule has 1 heterocycles. The fourth-order valence-corrected chi connectivity index (χ4v) is 4.67. The molecule has 1 amide bonds. The number of aromatic nitrogens is 2. The molecule has 0 atom stereocenters. The van der Waals surface area contributed by atoms with Gasteiger partial charge in [-0.25, -0.2) is 19.6 Å². The SMILES string of the molecule is CCOC(=O)c1cccc(Nc2cc(N(Cc3c(OC)cc(OC)cc3OC)c3cccc(CNC(=O)OC(C)(C)C)c3)ncn2)c1. The van der Waals surface area contributed by atoms with E-state index in [1.54, 1.807) is 64.7 Å². The average molecular weight is 644 g/mol. The minimum atomic E-state index is -0.613. The van der Waals surface area contributed by atoms with Crippen molar-refractivity contribution in [3.05, 3.63) is 89.7 Å². The summed E-state index contributed by atoms with van der Waals surface area (Å²) in [6.07, 6.45) is 0.946. The number of methoxy groups -OCH3 is 3. The van der Waals surface area contributed by atoms with Crippen LogP contribution in [0.25, 0.3) is 0 Å². The molecule has 0 fully saturated rings. The number of carbonyl (C=O) groups excluding carboxylic acids is 2. The number of alkyl carbamates (subject to hydrolysis) is 1. The van der Waals surface area contributed by atoms with Crippen molar-refractivity contribution in [2.75, 3.05) is 38.2 Å². The van der Waals surface area contributed by atoms with Gasteiger partial charge >= 0.3 is 12.1 Å². The van der Waals surface area contributed by atoms with E-state index in [4.69, 9.17) is 23.7 Å². The summed E-state index contributed by atoms with van der Waals surface area (Å²) in [6.45, 7) is 8.02. The molecular weight excluding hydrogens is 602 g/mol. The molecule has 0 saturated heterocycles. The first-order valence-electron chi connectivity index (χ1n) is 15.0. The van der Waals surface area contributed by atoms with Crippen molar-refractivity contribution in [1.82, 2.24) is 15.3 Å². The predicted molar refractivity (Wildman–Crippen MR) is 179 cm³/mol. The Morgan fingerprint density at radius 1 is 0.872 bits per heavy atom. The highest BCUT2D eigenvalue weighted by atomic mass is 16.6. The standard InChI is InChI=1S/C35H41N5O7/c1-8-46-33(41)24-12-10-13-25(16-24)39-31-19-32(38-22-37-31)40(21-28-29(44-6)17-27(43-5)18-30(28)45-7)26-14-9-11-23(15-26)20-36-34(42)47-35(2,3)4/h9-19,22H,8,20-21H2,1-7H3,(H,36,42)(H,37,38,39). The van der Waals surface area contributed by atoms with E-state index < -0.39 is 17.7 Å². The summed E-state index contributed by atoms with van der Waals surface area (Å²) in [5.74, 6) is 2.37. The van der Waals surface area contributed by atoms with Gasteiger partial charge in [-0.1, -0.05) is 18.2 Å². The highest BCUT2D eigenvalue weighted by Crippen LogP contribution is 2.38. The normalized spacial score (nSPS) is 10.9. The Kier molecular flexibility index (Phi) is 11.4. The van der Waals surface area contributed by atoms with Gasteiger partial charge < -0.3 is 39.2 Å². The first-order valence-corrected chi connectivity index (χ1v) is 15.0. The van der Waals surface area contributed by atoms with E-state index in [0.717, 1.165) is 16.8 Å². The number of esters is 1. The Morgan fingerprint density at radius 2 is 1.60 bits per heavy atom. The Balaban J connectivity index is 1.72. The number of anilines is 4. The van der Waals surface area contributed by atoms with Gasteiger partial charge in [0, 0.05) is 36.1 Å². The molecule has 248 valence electrons. The van der Waals surface area contributed by atoms with Crippen LogP contribution in [-0.4, -0.2) is 55.6 Å². The lowest BCUT2D eigenvalue weighted by molar-refractivity contribution is 0.0514. The van der Waals surface area contributed by atoms with Crippen LogP contribution in [0.5, 0.6) is 17.2 Å². The zero-order valence-electron chi connectivity index (χ0n) is 27.7. The smallest absolute Gasteiger partial charge is 0.407 e. The second kappa shape index (κ2) is 15.7. The molecule has 12 heteroatoms. The van der Waals surface area contributed by atoms with Gasteiger partial charge in [0.05, 0.1) is 45.6 Å².